The van der Waals surface area contributed by atoms with Crippen molar-refractivity contribution in [1.82, 2.24) is 5.32 Å². The Kier molecular flexibility index (Phi) is 5.57. The third-order valence-electron chi connectivity index (χ3n) is 4.67. The van der Waals surface area contributed by atoms with Gasteiger partial charge in [0, 0.05) is 12.1 Å². The minimum absolute atomic E-state index is 0.0417. The lowest BCUT2D eigenvalue weighted by atomic mass is 9.71. The number of halogens is 2. The fourth-order valence-corrected chi connectivity index (χ4v) is 3.12. The zero-order chi connectivity index (χ0) is 17.9. The van der Waals surface area contributed by atoms with Gasteiger partial charge >= 0.3 is 11.8 Å². The molecule has 0 spiro atoms. The second-order valence-corrected chi connectivity index (χ2v) is 7.47. The van der Waals surface area contributed by atoms with Crippen molar-refractivity contribution in [3.63, 3.8) is 0 Å². The molecule has 0 aliphatic heterocycles. The van der Waals surface area contributed by atoms with Gasteiger partial charge in [-0.15, -0.1) is 0 Å². The Labute approximate surface area is 141 Å². The van der Waals surface area contributed by atoms with Crippen LogP contribution in [-0.2, 0) is 9.59 Å². The van der Waals surface area contributed by atoms with E-state index in [0.717, 1.165) is 37.8 Å². The lowest BCUT2D eigenvalue weighted by Crippen LogP contribution is -2.44. The number of carbonyl (C=O) groups excluding carboxylic acids is 2. The van der Waals surface area contributed by atoms with Gasteiger partial charge in [-0.25, -0.2) is 8.78 Å². The van der Waals surface area contributed by atoms with Crippen molar-refractivity contribution in [3.8, 4) is 0 Å². The summed E-state index contributed by atoms with van der Waals surface area (Å²) in [6.45, 7) is 6.63. The van der Waals surface area contributed by atoms with E-state index in [4.69, 9.17) is 0 Å². The molecule has 1 aromatic carbocycles. The van der Waals surface area contributed by atoms with E-state index in [1.807, 2.05) is 0 Å². The number of amides is 2. The maximum absolute atomic E-state index is 13.5. The number of hydrogen-bond donors (Lipinski definition) is 2. The Morgan fingerprint density at radius 2 is 1.67 bits per heavy atom. The van der Waals surface area contributed by atoms with Crippen molar-refractivity contribution in [2.45, 2.75) is 52.5 Å². The van der Waals surface area contributed by atoms with E-state index in [1.165, 1.54) is 0 Å². The van der Waals surface area contributed by atoms with E-state index in [-0.39, 0.29) is 17.1 Å². The fourth-order valence-electron chi connectivity index (χ4n) is 3.12. The SMILES string of the molecule is CC(C)(C)C1CCC(NC(=O)C(=O)Nc2ccc(F)cc2F)CC1. The number of anilines is 1. The minimum Gasteiger partial charge on any atom is -0.345 e. The van der Waals surface area contributed by atoms with Crippen molar-refractivity contribution in [2.24, 2.45) is 11.3 Å². The van der Waals surface area contributed by atoms with Gasteiger partial charge in [0.15, 0.2) is 0 Å². The molecule has 1 saturated carbocycles. The second-order valence-electron chi connectivity index (χ2n) is 7.47. The number of nitrogens with one attached hydrogen (secondary N) is 2. The molecule has 0 bridgehead atoms. The monoisotopic (exact) mass is 338 g/mol. The Hall–Kier alpha value is -1.98. The predicted octanol–water partition coefficient (Wildman–Crippen LogP) is 3.62. The van der Waals surface area contributed by atoms with Gasteiger partial charge in [-0.3, -0.25) is 9.59 Å². The zero-order valence-corrected chi connectivity index (χ0v) is 14.3. The third-order valence-corrected chi connectivity index (χ3v) is 4.67. The first kappa shape index (κ1) is 18.4. The first-order valence-electron chi connectivity index (χ1n) is 8.23. The maximum atomic E-state index is 13.5. The molecule has 2 N–H and O–H groups in total. The van der Waals surface area contributed by atoms with Gasteiger partial charge in [-0.1, -0.05) is 20.8 Å². The molecule has 0 aromatic heterocycles. The maximum Gasteiger partial charge on any atom is 0.313 e. The quantitative estimate of drug-likeness (QED) is 0.809. The topological polar surface area (TPSA) is 58.2 Å². The van der Waals surface area contributed by atoms with E-state index >= 15 is 0 Å². The third kappa shape index (κ3) is 4.76. The second kappa shape index (κ2) is 7.28. The van der Waals surface area contributed by atoms with Gasteiger partial charge in [0.1, 0.15) is 11.6 Å². The van der Waals surface area contributed by atoms with Gasteiger partial charge in [0.2, 0.25) is 0 Å². The average molecular weight is 338 g/mol. The highest BCUT2D eigenvalue weighted by Crippen LogP contribution is 2.37. The van der Waals surface area contributed by atoms with Crippen LogP contribution in [0.5, 0.6) is 0 Å². The van der Waals surface area contributed by atoms with Crippen LogP contribution in [0.25, 0.3) is 0 Å². The van der Waals surface area contributed by atoms with Gasteiger partial charge < -0.3 is 10.6 Å². The molecule has 6 heteroatoms. The molecule has 0 radical (unpaired) electrons. The van der Waals surface area contributed by atoms with Crippen molar-refractivity contribution in [3.05, 3.63) is 29.8 Å². The standard InChI is InChI=1S/C18H24F2N2O2/c1-18(2,3)11-4-7-13(8-5-11)21-16(23)17(24)22-15-9-6-12(19)10-14(15)20/h6,9-11,13H,4-5,7-8H2,1-3H3,(H,21,23)(H,22,24). The van der Waals surface area contributed by atoms with Gasteiger partial charge in [-0.05, 0) is 49.1 Å². The number of carbonyl (C=O) groups is 2. The summed E-state index contributed by atoms with van der Waals surface area (Å²) >= 11 is 0. The van der Waals surface area contributed by atoms with Crippen molar-refractivity contribution in [2.75, 3.05) is 5.32 Å². The molecule has 132 valence electrons. The molecule has 2 rings (SSSR count). The summed E-state index contributed by atoms with van der Waals surface area (Å²) < 4.78 is 26.3. The fraction of sp³-hybridized carbons (Fsp3) is 0.556. The Balaban J connectivity index is 1.85. The molecule has 0 atom stereocenters. The summed E-state index contributed by atoms with van der Waals surface area (Å²) in [5, 5.41) is 4.86. The highest BCUT2D eigenvalue weighted by atomic mass is 19.1. The number of hydrogen-bond acceptors (Lipinski definition) is 2. The van der Waals surface area contributed by atoms with Crippen LogP contribution in [0.15, 0.2) is 18.2 Å². The number of benzene rings is 1. The first-order chi connectivity index (χ1) is 11.2. The molecular weight excluding hydrogens is 314 g/mol. The smallest absolute Gasteiger partial charge is 0.313 e. The van der Waals surface area contributed by atoms with Gasteiger partial charge in [0.05, 0.1) is 5.69 Å². The van der Waals surface area contributed by atoms with Crippen LogP contribution >= 0.6 is 0 Å². The van der Waals surface area contributed by atoms with Crippen molar-refractivity contribution < 1.29 is 18.4 Å². The van der Waals surface area contributed by atoms with Crippen molar-refractivity contribution in [1.29, 1.82) is 0 Å². The summed E-state index contributed by atoms with van der Waals surface area (Å²) in [7, 11) is 0. The van der Waals surface area contributed by atoms with Gasteiger partial charge in [0.25, 0.3) is 0 Å². The molecule has 2 amide bonds. The molecule has 4 nitrogen and oxygen atoms in total. The summed E-state index contributed by atoms with van der Waals surface area (Å²) in [4.78, 5) is 23.8. The lowest BCUT2D eigenvalue weighted by Gasteiger charge is -2.37. The molecule has 0 saturated heterocycles. The molecule has 0 unspecified atom stereocenters. The molecule has 1 fully saturated rings. The summed E-state index contributed by atoms with van der Waals surface area (Å²) in [6, 6.07) is 2.72. The van der Waals surface area contributed by atoms with Crippen LogP contribution in [-0.4, -0.2) is 17.9 Å². The van der Waals surface area contributed by atoms with E-state index in [1.54, 1.807) is 0 Å². The molecule has 1 aliphatic rings. The van der Waals surface area contributed by atoms with E-state index in [9.17, 15) is 18.4 Å². The average Bonchev–Trinajstić information content (AvgIpc) is 2.49. The summed E-state index contributed by atoms with van der Waals surface area (Å²) in [5.74, 6) is -2.79. The molecule has 1 aromatic rings. The van der Waals surface area contributed by atoms with Crippen molar-refractivity contribution >= 4 is 17.5 Å². The predicted molar refractivity (Wildman–Crippen MR) is 88.3 cm³/mol. The van der Waals surface area contributed by atoms with E-state index in [2.05, 4.69) is 31.4 Å². The van der Waals surface area contributed by atoms with Crippen LogP contribution < -0.4 is 10.6 Å². The Morgan fingerprint density at radius 1 is 1.04 bits per heavy atom. The molecule has 0 heterocycles. The van der Waals surface area contributed by atoms with Crippen LogP contribution in [0.2, 0.25) is 0 Å². The highest BCUT2D eigenvalue weighted by molar-refractivity contribution is 6.39. The van der Waals surface area contributed by atoms with E-state index < -0.39 is 23.4 Å². The Bertz CT molecular complexity index is 618. The van der Waals surface area contributed by atoms with Crippen LogP contribution in [0.1, 0.15) is 46.5 Å². The summed E-state index contributed by atoms with van der Waals surface area (Å²) in [6.07, 6.45) is 3.66. The van der Waals surface area contributed by atoms with Crippen LogP contribution in [0.3, 0.4) is 0 Å². The zero-order valence-electron chi connectivity index (χ0n) is 14.3. The van der Waals surface area contributed by atoms with Crippen LogP contribution in [0, 0.1) is 23.0 Å². The Morgan fingerprint density at radius 3 is 2.21 bits per heavy atom. The molecule has 24 heavy (non-hydrogen) atoms. The normalized spacial score (nSPS) is 21.2. The lowest BCUT2D eigenvalue weighted by molar-refractivity contribution is -0.136. The van der Waals surface area contributed by atoms with E-state index in [0.29, 0.717) is 12.0 Å². The minimum atomic E-state index is -0.946. The van der Waals surface area contributed by atoms with Crippen LogP contribution in [0.4, 0.5) is 14.5 Å². The molecule has 1 aliphatic carbocycles. The highest BCUT2D eigenvalue weighted by Gasteiger charge is 2.31. The first-order valence-corrected chi connectivity index (χ1v) is 8.23. The molecular formula is C18H24F2N2O2. The van der Waals surface area contributed by atoms with Gasteiger partial charge in [-0.2, -0.15) is 0 Å². The summed E-state index contributed by atoms with van der Waals surface area (Å²) in [5.41, 5.74) is 0.0277. The largest absolute Gasteiger partial charge is 0.345 e. The number of rotatable bonds is 2.